The fourth-order valence-corrected chi connectivity index (χ4v) is 0.727. The van der Waals surface area contributed by atoms with Crippen LogP contribution in [0.15, 0.2) is 18.2 Å². The fraction of sp³-hybridized carbons (Fsp3) is 0.143. The summed E-state index contributed by atoms with van der Waals surface area (Å²) in [6, 6.07) is 3.68. The minimum atomic E-state index is -0.581. The summed E-state index contributed by atoms with van der Waals surface area (Å²) in [5, 5.41) is 0. The Bertz CT molecular complexity index is 220. The Morgan fingerprint density at radius 1 is 1.18 bits per heavy atom. The van der Waals surface area contributed by atoms with Gasteiger partial charge in [-0.2, -0.15) is 0 Å². The zero-order valence-corrected chi connectivity index (χ0v) is 6.50. The highest BCUT2D eigenvalue weighted by atomic mass is 35.5. The van der Waals surface area contributed by atoms with Gasteiger partial charge in [0.25, 0.3) is 0 Å². The van der Waals surface area contributed by atoms with Crippen molar-refractivity contribution < 1.29 is 8.78 Å². The highest BCUT2D eigenvalue weighted by molar-refractivity contribution is 5.85. The molecule has 1 aromatic rings. The first kappa shape index (κ1) is 10.3. The summed E-state index contributed by atoms with van der Waals surface area (Å²) >= 11 is 0. The van der Waals surface area contributed by atoms with Gasteiger partial charge >= 0.3 is 0 Å². The van der Waals surface area contributed by atoms with Crippen molar-refractivity contribution in [3.8, 4) is 0 Å². The van der Waals surface area contributed by atoms with Crippen LogP contribution in [0.4, 0.5) is 8.78 Å². The molecule has 0 atom stereocenters. The standard InChI is InChI=1S/C7H7F2N.ClH/c8-6-2-1-3-7(9)5(6)4-10;/h1-3H,4,10H2;1H. The molecule has 0 unspecified atom stereocenters. The van der Waals surface area contributed by atoms with Crippen LogP contribution in [0.3, 0.4) is 0 Å². The average Bonchev–Trinajstić information content (AvgIpc) is 1.88. The Balaban J connectivity index is 0.000001000. The zero-order chi connectivity index (χ0) is 7.56. The van der Waals surface area contributed by atoms with Gasteiger partial charge in [-0.15, -0.1) is 12.4 Å². The van der Waals surface area contributed by atoms with Gasteiger partial charge < -0.3 is 5.73 Å². The molecule has 4 heteroatoms. The predicted molar refractivity (Wildman–Crippen MR) is 41.5 cm³/mol. The van der Waals surface area contributed by atoms with Gasteiger partial charge in [-0.05, 0) is 12.1 Å². The molecule has 2 N–H and O–H groups in total. The summed E-state index contributed by atoms with van der Waals surface area (Å²) in [5.74, 6) is -1.16. The molecular formula is C7H8ClF2N. The van der Waals surface area contributed by atoms with E-state index in [9.17, 15) is 8.78 Å². The van der Waals surface area contributed by atoms with Crippen molar-refractivity contribution in [1.82, 2.24) is 0 Å². The van der Waals surface area contributed by atoms with Crippen molar-refractivity contribution in [2.45, 2.75) is 6.54 Å². The van der Waals surface area contributed by atoms with Crippen LogP contribution in [0, 0.1) is 11.6 Å². The molecule has 0 saturated heterocycles. The van der Waals surface area contributed by atoms with Crippen molar-refractivity contribution in [2.24, 2.45) is 5.73 Å². The smallest absolute Gasteiger partial charge is 0.130 e. The second-order valence-electron chi connectivity index (χ2n) is 1.90. The molecule has 0 spiro atoms. The second kappa shape index (κ2) is 4.26. The molecule has 11 heavy (non-hydrogen) atoms. The molecule has 0 bridgehead atoms. The van der Waals surface area contributed by atoms with Gasteiger partial charge in [0.2, 0.25) is 0 Å². The predicted octanol–water partition coefficient (Wildman–Crippen LogP) is 1.85. The van der Waals surface area contributed by atoms with Crippen molar-refractivity contribution >= 4 is 12.4 Å². The van der Waals surface area contributed by atoms with E-state index >= 15 is 0 Å². The Morgan fingerprint density at radius 2 is 1.64 bits per heavy atom. The van der Waals surface area contributed by atoms with Crippen LogP contribution in [-0.2, 0) is 6.54 Å². The molecule has 1 aromatic carbocycles. The lowest BCUT2D eigenvalue weighted by Crippen LogP contribution is -2.02. The summed E-state index contributed by atoms with van der Waals surface area (Å²) in [7, 11) is 0. The Hall–Kier alpha value is -0.670. The van der Waals surface area contributed by atoms with E-state index in [1.807, 2.05) is 0 Å². The van der Waals surface area contributed by atoms with Crippen LogP contribution in [0.5, 0.6) is 0 Å². The summed E-state index contributed by atoms with van der Waals surface area (Å²) in [4.78, 5) is 0. The topological polar surface area (TPSA) is 26.0 Å². The molecule has 0 radical (unpaired) electrons. The number of hydrogen-bond acceptors (Lipinski definition) is 1. The van der Waals surface area contributed by atoms with Crippen LogP contribution in [0.25, 0.3) is 0 Å². The Morgan fingerprint density at radius 3 is 1.91 bits per heavy atom. The maximum absolute atomic E-state index is 12.5. The number of benzene rings is 1. The monoisotopic (exact) mass is 179 g/mol. The lowest BCUT2D eigenvalue weighted by Gasteiger charge is -1.98. The van der Waals surface area contributed by atoms with Gasteiger partial charge in [-0.1, -0.05) is 6.07 Å². The molecule has 0 heterocycles. The maximum Gasteiger partial charge on any atom is 0.130 e. The number of halogens is 3. The average molecular weight is 180 g/mol. The normalized spacial score (nSPS) is 9.00. The van der Waals surface area contributed by atoms with Crippen molar-refractivity contribution in [2.75, 3.05) is 0 Å². The zero-order valence-electron chi connectivity index (χ0n) is 5.68. The van der Waals surface area contributed by atoms with Crippen molar-refractivity contribution in [3.63, 3.8) is 0 Å². The van der Waals surface area contributed by atoms with E-state index in [4.69, 9.17) is 5.73 Å². The van der Waals surface area contributed by atoms with Gasteiger partial charge in [-0.25, -0.2) is 8.78 Å². The summed E-state index contributed by atoms with van der Waals surface area (Å²) < 4.78 is 25.1. The van der Waals surface area contributed by atoms with Gasteiger partial charge in [-0.3, -0.25) is 0 Å². The maximum atomic E-state index is 12.5. The summed E-state index contributed by atoms with van der Waals surface area (Å²) in [6.45, 7) is -0.0987. The molecule has 0 saturated carbocycles. The molecule has 0 aliphatic rings. The molecule has 1 rings (SSSR count). The highest BCUT2D eigenvalue weighted by Crippen LogP contribution is 2.09. The van der Waals surface area contributed by atoms with Crippen molar-refractivity contribution in [1.29, 1.82) is 0 Å². The first-order valence-electron chi connectivity index (χ1n) is 2.88. The van der Waals surface area contributed by atoms with Gasteiger partial charge in [0, 0.05) is 12.1 Å². The summed E-state index contributed by atoms with van der Waals surface area (Å²) in [6.07, 6.45) is 0. The van der Waals surface area contributed by atoms with Gasteiger partial charge in [0.15, 0.2) is 0 Å². The third kappa shape index (κ3) is 2.13. The van der Waals surface area contributed by atoms with Gasteiger partial charge in [0.05, 0.1) is 0 Å². The molecule has 0 fully saturated rings. The molecule has 1 nitrogen and oxygen atoms in total. The first-order valence-corrected chi connectivity index (χ1v) is 2.88. The lowest BCUT2D eigenvalue weighted by atomic mass is 10.2. The molecule has 0 aliphatic carbocycles. The third-order valence-corrected chi connectivity index (χ3v) is 1.27. The first-order chi connectivity index (χ1) is 4.75. The molecular weight excluding hydrogens is 172 g/mol. The highest BCUT2D eigenvalue weighted by Gasteiger charge is 2.03. The minimum absolute atomic E-state index is 0. The molecule has 62 valence electrons. The van der Waals surface area contributed by atoms with Crippen LogP contribution in [-0.4, -0.2) is 0 Å². The van der Waals surface area contributed by atoms with E-state index in [1.165, 1.54) is 18.2 Å². The van der Waals surface area contributed by atoms with E-state index in [0.29, 0.717) is 0 Å². The summed E-state index contributed by atoms with van der Waals surface area (Å²) in [5.41, 5.74) is 5.02. The lowest BCUT2D eigenvalue weighted by molar-refractivity contribution is 0.557. The fourth-order valence-electron chi connectivity index (χ4n) is 0.727. The third-order valence-electron chi connectivity index (χ3n) is 1.27. The van der Waals surface area contributed by atoms with Crippen LogP contribution >= 0.6 is 12.4 Å². The van der Waals surface area contributed by atoms with E-state index in [-0.39, 0.29) is 24.5 Å². The quantitative estimate of drug-likeness (QED) is 0.700. The van der Waals surface area contributed by atoms with Crippen LogP contribution in [0.1, 0.15) is 5.56 Å². The van der Waals surface area contributed by atoms with E-state index in [1.54, 1.807) is 0 Å². The number of rotatable bonds is 1. The Labute approximate surface area is 69.6 Å². The largest absolute Gasteiger partial charge is 0.326 e. The van der Waals surface area contributed by atoms with Gasteiger partial charge in [0.1, 0.15) is 11.6 Å². The molecule has 0 amide bonds. The van der Waals surface area contributed by atoms with E-state index < -0.39 is 11.6 Å². The number of nitrogens with two attached hydrogens (primary N) is 1. The molecule has 0 aliphatic heterocycles. The molecule has 0 aromatic heterocycles. The van der Waals surface area contributed by atoms with Crippen molar-refractivity contribution in [3.05, 3.63) is 35.4 Å². The van der Waals surface area contributed by atoms with E-state index in [2.05, 4.69) is 0 Å². The minimum Gasteiger partial charge on any atom is -0.326 e. The van der Waals surface area contributed by atoms with Crippen LogP contribution < -0.4 is 5.73 Å². The number of hydrogen-bond donors (Lipinski definition) is 1. The second-order valence-corrected chi connectivity index (χ2v) is 1.90. The van der Waals surface area contributed by atoms with E-state index in [0.717, 1.165) is 0 Å². The Kier molecular flexibility index (Phi) is 4.00. The van der Waals surface area contributed by atoms with Crippen LogP contribution in [0.2, 0.25) is 0 Å². The SMILES string of the molecule is Cl.NCc1c(F)cccc1F.